The Morgan fingerprint density at radius 2 is 1.94 bits per heavy atom. The molecule has 7 heteroatoms. The zero-order valence-electron chi connectivity index (χ0n) is 9.64. The first-order valence-electron chi connectivity index (χ1n) is 5.30. The van der Waals surface area contributed by atoms with Crippen LogP contribution in [0.25, 0.3) is 0 Å². The van der Waals surface area contributed by atoms with E-state index in [1.54, 1.807) is 6.92 Å². The molecule has 1 amide bonds. The molecule has 94 valence electrons. The predicted octanol–water partition coefficient (Wildman–Crippen LogP) is -1.13. The molecule has 0 spiro atoms. The first kappa shape index (κ1) is 13.4. The van der Waals surface area contributed by atoms with Gasteiger partial charge in [0.05, 0.1) is 12.3 Å². The van der Waals surface area contributed by atoms with Crippen LogP contribution in [0.4, 0.5) is 0 Å². The molecule has 16 heavy (non-hydrogen) atoms. The van der Waals surface area contributed by atoms with E-state index >= 15 is 0 Å². The average Bonchev–Trinajstić information content (AvgIpc) is 2.15. The van der Waals surface area contributed by atoms with Crippen LogP contribution >= 0.6 is 0 Å². The highest BCUT2D eigenvalue weighted by atomic mass is 32.2. The quantitative estimate of drug-likeness (QED) is 0.659. The van der Waals surface area contributed by atoms with E-state index < -0.39 is 10.0 Å². The Morgan fingerprint density at radius 3 is 2.31 bits per heavy atom. The zero-order chi connectivity index (χ0) is 12.3. The van der Waals surface area contributed by atoms with Gasteiger partial charge in [-0.15, -0.1) is 0 Å². The van der Waals surface area contributed by atoms with Crippen LogP contribution in [0.1, 0.15) is 19.8 Å². The number of likely N-dealkylation sites (tertiary alicyclic amines) is 1. The SMILES string of the molecule is C[C@H](C(N)=O)N1CCC(NS(C)(=O)=O)CC1. The van der Waals surface area contributed by atoms with Gasteiger partial charge in [0.2, 0.25) is 15.9 Å². The van der Waals surface area contributed by atoms with E-state index in [1.165, 1.54) is 0 Å². The van der Waals surface area contributed by atoms with Gasteiger partial charge in [-0.05, 0) is 19.8 Å². The Labute approximate surface area is 96.2 Å². The highest BCUT2D eigenvalue weighted by molar-refractivity contribution is 7.88. The molecule has 0 aromatic rings. The van der Waals surface area contributed by atoms with Crippen molar-refractivity contribution in [3.05, 3.63) is 0 Å². The van der Waals surface area contributed by atoms with Crippen molar-refractivity contribution in [2.24, 2.45) is 5.73 Å². The molecular formula is C9H19N3O3S. The lowest BCUT2D eigenvalue weighted by Crippen LogP contribution is -2.50. The first-order chi connectivity index (χ1) is 7.29. The van der Waals surface area contributed by atoms with Gasteiger partial charge in [0.25, 0.3) is 0 Å². The fraction of sp³-hybridized carbons (Fsp3) is 0.889. The standard InChI is InChI=1S/C9H19N3O3S/c1-7(9(10)13)12-5-3-8(4-6-12)11-16(2,14)15/h7-8,11H,3-6H2,1-2H3,(H2,10,13)/t7-/m1/s1. The Kier molecular flexibility index (Phi) is 4.28. The number of hydrogen-bond donors (Lipinski definition) is 2. The fourth-order valence-corrected chi connectivity index (χ4v) is 2.73. The summed E-state index contributed by atoms with van der Waals surface area (Å²) >= 11 is 0. The molecule has 1 saturated heterocycles. The maximum absolute atomic E-state index is 11.0. The topological polar surface area (TPSA) is 92.5 Å². The molecule has 0 unspecified atom stereocenters. The summed E-state index contributed by atoms with van der Waals surface area (Å²) in [5.41, 5.74) is 5.21. The van der Waals surface area contributed by atoms with Crippen molar-refractivity contribution >= 4 is 15.9 Å². The molecule has 0 aliphatic carbocycles. The molecule has 1 atom stereocenters. The molecule has 0 saturated carbocycles. The summed E-state index contributed by atoms with van der Waals surface area (Å²) in [5, 5.41) is 0. The third-order valence-electron chi connectivity index (χ3n) is 2.87. The van der Waals surface area contributed by atoms with Gasteiger partial charge < -0.3 is 5.73 Å². The predicted molar refractivity (Wildman–Crippen MR) is 61.2 cm³/mol. The molecule has 1 rings (SSSR count). The molecule has 0 bridgehead atoms. The van der Waals surface area contributed by atoms with Crippen molar-refractivity contribution in [2.75, 3.05) is 19.3 Å². The number of primary amides is 1. The fourth-order valence-electron chi connectivity index (χ4n) is 1.89. The number of nitrogens with one attached hydrogen (secondary N) is 1. The summed E-state index contributed by atoms with van der Waals surface area (Å²) in [6.45, 7) is 3.15. The molecule has 0 aromatic heterocycles. The average molecular weight is 249 g/mol. The number of hydrogen-bond acceptors (Lipinski definition) is 4. The van der Waals surface area contributed by atoms with E-state index in [0.29, 0.717) is 25.9 Å². The molecule has 1 aliphatic heterocycles. The maximum Gasteiger partial charge on any atom is 0.234 e. The van der Waals surface area contributed by atoms with Crippen molar-refractivity contribution < 1.29 is 13.2 Å². The first-order valence-corrected chi connectivity index (χ1v) is 7.19. The third kappa shape index (κ3) is 4.07. The zero-order valence-corrected chi connectivity index (χ0v) is 10.5. The number of nitrogens with zero attached hydrogens (tertiary/aromatic N) is 1. The summed E-state index contributed by atoms with van der Waals surface area (Å²) < 4.78 is 24.6. The second-order valence-electron chi connectivity index (χ2n) is 4.28. The van der Waals surface area contributed by atoms with Crippen molar-refractivity contribution in [3.63, 3.8) is 0 Å². The summed E-state index contributed by atoms with van der Waals surface area (Å²) in [5.74, 6) is -0.338. The number of rotatable bonds is 4. The highest BCUT2D eigenvalue weighted by Gasteiger charge is 2.26. The highest BCUT2D eigenvalue weighted by Crippen LogP contribution is 2.13. The molecule has 1 heterocycles. The van der Waals surface area contributed by atoms with Gasteiger partial charge in [0.15, 0.2) is 0 Å². The Balaban J connectivity index is 2.43. The van der Waals surface area contributed by atoms with E-state index in [2.05, 4.69) is 4.72 Å². The third-order valence-corrected chi connectivity index (χ3v) is 3.63. The number of carbonyl (C=O) groups is 1. The number of piperidine rings is 1. The van der Waals surface area contributed by atoms with E-state index in [-0.39, 0.29) is 18.0 Å². The minimum absolute atomic E-state index is 0.0219. The van der Waals surface area contributed by atoms with Crippen molar-refractivity contribution in [3.8, 4) is 0 Å². The van der Waals surface area contributed by atoms with E-state index in [9.17, 15) is 13.2 Å². The lowest BCUT2D eigenvalue weighted by molar-refractivity contribution is -0.123. The smallest absolute Gasteiger partial charge is 0.234 e. The Bertz CT molecular complexity index is 347. The number of sulfonamides is 1. The van der Waals surface area contributed by atoms with E-state index in [1.807, 2.05) is 4.90 Å². The van der Waals surface area contributed by atoms with Gasteiger partial charge in [-0.1, -0.05) is 0 Å². The molecule has 3 N–H and O–H groups in total. The summed E-state index contributed by atoms with van der Waals surface area (Å²) in [6.07, 6.45) is 2.58. The largest absolute Gasteiger partial charge is 0.368 e. The number of amides is 1. The van der Waals surface area contributed by atoms with Crippen molar-refractivity contribution in [1.29, 1.82) is 0 Å². The van der Waals surface area contributed by atoms with Gasteiger partial charge >= 0.3 is 0 Å². The molecular weight excluding hydrogens is 230 g/mol. The van der Waals surface area contributed by atoms with Crippen LogP contribution in [0.15, 0.2) is 0 Å². The van der Waals surface area contributed by atoms with Crippen molar-refractivity contribution in [2.45, 2.75) is 31.8 Å². The lowest BCUT2D eigenvalue weighted by Gasteiger charge is -2.34. The van der Waals surface area contributed by atoms with Gasteiger partial charge in [0.1, 0.15) is 0 Å². The number of nitrogens with two attached hydrogens (primary N) is 1. The molecule has 1 aliphatic rings. The lowest BCUT2D eigenvalue weighted by atomic mass is 10.0. The van der Waals surface area contributed by atoms with E-state index in [0.717, 1.165) is 6.26 Å². The van der Waals surface area contributed by atoms with Crippen LogP contribution in [0.2, 0.25) is 0 Å². The van der Waals surface area contributed by atoms with Crippen LogP contribution in [-0.4, -0.2) is 50.7 Å². The molecule has 6 nitrogen and oxygen atoms in total. The van der Waals surface area contributed by atoms with Crippen LogP contribution in [0.3, 0.4) is 0 Å². The second-order valence-corrected chi connectivity index (χ2v) is 6.06. The summed E-state index contributed by atoms with van der Waals surface area (Å²) in [7, 11) is -3.14. The Hall–Kier alpha value is -0.660. The normalized spacial score (nSPS) is 21.9. The van der Waals surface area contributed by atoms with Crippen LogP contribution in [0, 0.1) is 0 Å². The number of carbonyl (C=O) groups excluding carboxylic acids is 1. The minimum Gasteiger partial charge on any atom is -0.368 e. The minimum atomic E-state index is -3.14. The maximum atomic E-state index is 11.0. The van der Waals surface area contributed by atoms with Gasteiger partial charge in [-0.2, -0.15) is 0 Å². The van der Waals surface area contributed by atoms with Gasteiger partial charge in [0, 0.05) is 19.1 Å². The molecule has 0 aromatic carbocycles. The molecule has 1 fully saturated rings. The van der Waals surface area contributed by atoms with Gasteiger partial charge in [-0.3, -0.25) is 9.69 Å². The van der Waals surface area contributed by atoms with Crippen LogP contribution in [0.5, 0.6) is 0 Å². The summed E-state index contributed by atoms with van der Waals surface area (Å²) in [4.78, 5) is 13.0. The monoisotopic (exact) mass is 249 g/mol. The molecule has 0 radical (unpaired) electrons. The van der Waals surface area contributed by atoms with E-state index in [4.69, 9.17) is 5.73 Å². The van der Waals surface area contributed by atoms with Crippen LogP contribution < -0.4 is 10.5 Å². The van der Waals surface area contributed by atoms with Crippen LogP contribution in [-0.2, 0) is 14.8 Å². The van der Waals surface area contributed by atoms with Gasteiger partial charge in [-0.25, -0.2) is 13.1 Å². The Morgan fingerprint density at radius 1 is 1.44 bits per heavy atom. The second kappa shape index (κ2) is 5.11. The van der Waals surface area contributed by atoms with Crippen molar-refractivity contribution in [1.82, 2.24) is 9.62 Å². The summed E-state index contributed by atoms with van der Waals surface area (Å²) in [6, 6.07) is -0.300.